The highest BCUT2D eigenvalue weighted by Crippen LogP contribution is 2.30. The molecular weight excluding hydrogens is 288 g/mol. The molecule has 1 aliphatic heterocycles. The average Bonchev–Trinajstić information content (AvgIpc) is 2.58. The number of rotatable bonds is 4. The van der Waals surface area contributed by atoms with Crippen LogP contribution in [0.3, 0.4) is 0 Å². The average molecular weight is 310 g/mol. The Balaban J connectivity index is 1.71. The van der Waals surface area contributed by atoms with E-state index in [0.29, 0.717) is 6.54 Å². The van der Waals surface area contributed by atoms with Crippen molar-refractivity contribution in [3.8, 4) is 5.75 Å². The van der Waals surface area contributed by atoms with Gasteiger partial charge in [0.1, 0.15) is 5.75 Å². The van der Waals surface area contributed by atoms with Crippen molar-refractivity contribution in [2.24, 2.45) is 0 Å². The number of hydrogen-bond donors (Lipinski definition) is 1. The fourth-order valence-corrected chi connectivity index (χ4v) is 2.99. The third-order valence-electron chi connectivity index (χ3n) is 4.17. The lowest BCUT2D eigenvalue weighted by Gasteiger charge is -2.30. The molecule has 3 rings (SSSR count). The van der Waals surface area contributed by atoms with Crippen LogP contribution < -0.4 is 15.0 Å². The lowest BCUT2D eigenvalue weighted by Crippen LogP contribution is -2.39. The first kappa shape index (κ1) is 15.4. The van der Waals surface area contributed by atoms with E-state index in [1.165, 1.54) is 11.1 Å². The van der Waals surface area contributed by atoms with Gasteiger partial charge in [-0.05, 0) is 61.2 Å². The van der Waals surface area contributed by atoms with E-state index in [2.05, 4.69) is 5.32 Å². The molecule has 0 bridgehead atoms. The van der Waals surface area contributed by atoms with Crippen LogP contribution in [0.4, 0.5) is 11.4 Å². The summed E-state index contributed by atoms with van der Waals surface area (Å²) in [6, 6.07) is 14.0. The van der Waals surface area contributed by atoms with E-state index in [1.807, 2.05) is 54.3 Å². The second-order valence-corrected chi connectivity index (χ2v) is 5.87. The number of amides is 1. The Morgan fingerprint density at radius 1 is 1.26 bits per heavy atom. The molecule has 4 heteroatoms. The molecule has 0 saturated heterocycles. The van der Waals surface area contributed by atoms with Crippen LogP contribution in [0, 0.1) is 6.92 Å². The summed E-state index contributed by atoms with van der Waals surface area (Å²) in [5, 5.41) is 3.22. The van der Waals surface area contributed by atoms with Crippen molar-refractivity contribution in [2.75, 3.05) is 30.4 Å². The highest BCUT2D eigenvalue weighted by molar-refractivity contribution is 5.97. The summed E-state index contributed by atoms with van der Waals surface area (Å²) in [5.74, 6) is 0.938. The van der Waals surface area contributed by atoms with Crippen LogP contribution in [0.2, 0.25) is 0 Å². The van der Waals surface area contributed by atoms with Gasteiger partial charge in [-0.15, -0.1) is 0 Å². The first-order chi connectivity index (χ1) is 11.2. The zero-order valence-corrected chi connectivity index (χ0v) is 13.6. The Morgan fingerprint density at radius 3 is 2.91 bits per heavy atom. The Bertz CT molecular complexity index is 712. The lowest BCUT2D eigenvalue weighted by atomic mass is 10.0. The van der Waals surface area contributed by atoms with Crippen LogP contribution in [0.1, 0.15) is 17.5 Å². The van der Waals surface area contributed by atoms with E-state index in [4.69, 9.17) is 4.74 Å². The number of hydrogen-bond acceptors (Lipinski definition) is 3. The number of carbonyl (C=O) groups excluding carboxylic acids is 1. The maximum absolute atomic E-state index is 12.6. The molecule has 0 saturated carbocycles. The molecule has 2 aromatic rings. The number of nitrogens with one attached hydrogen (secondary N) is 1. The van der Waals surface area contributed by atoms with Gasteiger partial charge in [0.2, 0.25) is 5.91 Å². The van der Waals surface area contributed by atoms with Crippen molar-refractivity contribution >= 4 is 17.3 Å². The van der Waals surface area contributed by atoms with Crippen molar-refractivity contribution in [1.82, 2.24) is 0 Å². The van der Waals surface area contributed by atoms with Crippen molar-refractivity contribution < 1.29 is 9.53 Å². The largest absolute Gasteiger partial charge is 0.497 e. The molecule has 1 N–H and O–H groups in total. The minimum Gasteiger partial charge on any atom is -0.497 e. The number of anilines is 2. The highest BCUT2D eigenvalue weighted by atomic mass is 16.5. The van der Waals surface area contributed by atoms with Crippen molar-refractivity contribution in [1.29, 1.82) is 0 Å². The molecule has 0 spiro atoms. The second kappa shape index (κ2) is 6.73. The number of methoxy groups -OCH3 is 1. The quantitative estimate of drug-likeness (QED) is 0.941. The molecule has 0 fully saturated rings. The number of aryl methyl sites for hydroxylation is 2. The molecule has 23 heavy (non-hydrogen) atoms. The smallest absolute Gasteiger partial charge is 0.246 e. The summed E-state index contributed by atoms with van der Waals surface area (Å²) in [7, 11) is 1.67. The van der Waals surface area contributed by atoms with Gasteiger partial charge < -0.3 is 15.0 Å². The topological polar surface area (TPSA) is 41.6 Å². The Morgan fingerprint density at radius 2 is 2.13 bits per heavy atom. The van der Waals surface area contributed by atoms with Crippen molar-refractivity contribution in [2.45, 2.75) is 19.8 Å². The number of carbonyl (C=O) groups is 1. The number of nitrogens with zero attached hydrogens (tertiary/aromatic N) is 1. The number of benzene rings is 2. The van der Waals surface area contributed by atoms with Gasteiger partial charge in [-0.3, -0.25) is 4.79 Å². The monoisotopic (exact) mass is 310 g/mol. The Hall–Kier alpha value is -2.49. The van der Waals surface area contributed by atoms with Gasteiger partial charge in [-0.2, -0.15) is 0 Å². The predicted octanol–water partition coefficient (Wildman–Crippen LogP) is 3.39. The summed E-state index contributed by atoms with van der Waals surface area (Å²) in [5.41, 5.74) is 4.34. The van der Waals surface area contributed by atoms with E-state index in [1.54, 1.807) is 7.11 Å². The van der Waals surface area contributed by atoms with Gasteiger partial charge >= 0.3 is 0 Å². The SMILES string of the molecule is COc1ccc2c(c1)CCCN2C(=O)CNc1cccc(C)c1. The first-order valence-electron chi connectivity index (χ1n) is 7.95. The maximum Gasteiger partial charge on any atom is 0.246 e. The number of ether oxygens (including phenoxy) is 1. The molecule has 0 unspecified atom stereocenters. The maximum atomic E-state index is 12.6. The third kappa shape index (κ3) is 3.47. The molecule has 2 aromatic carbocycles. The molecule has 0 aromatic heterocycles. The third-order valence-corrected chi connectivity index (χ3v) is 4.17. The van der Waals surface area contributed by atoms with Crippen LogP contribution in [-0.4, -0.2) is 26.1 Å². The van der Waals surface area contributed by atoms with E-state index in [9.17, 15) is 4.79 Å². The fourth-order valence-electron chi connectivity index (χ4n) is 2.99. The van der Waals surface area contributed by atoms with Crippen molar-refractivity contribution in [3.05, 3.63) is 53.6 Å². The molecular formula is C19H22N2O2. The van der Waals surface area contributed by atoms with E-state index < -0.39 is 0 Å². The molecule has 0 radical (unpaired) electrons. The summed E-state index contributed by atoms with van der Waals surface area (Å²) in [6.07, 6.45) is 1.97. The van der Waals surface area contributed by atoms with Gasteiger partial charge in [0, 0.05) is 17.9 Å². The fraction of sp³-hybridized carbons (Fsp3) is 0.316. The summed E-state index contributed by atoms with van der Waals surface area (Å²) >= 11 is 0. The van der Waals surface area contributed by atoms with E-state index in [-0.39, 0.29) is 5.91 Å². The van der Waals surface area contributed by atoms with Crippen LogP contribution in [-0.2, 0) is 11.2 Å². The van der Waals surface area contributed by atoms with E-state index in [0.717, 1.165) is 36.5 Å². The van der Waals surface area contributed by atoms with Crippen LogP contribution >= 0.6 is 0 Å². The zero-order valence-electron chi connectivity index (χ0n) is 13.6. The Labute approximate surface area is 137 Å². The van der Waals surface area contributed by atoms with Gasteiger partial charge in [0.05, 0.1) is 13.7 Å². The molecule has 0 atom stereocenters. The molecule has 1 heterocycles. The van der Waals surface area contributed by atoms with Gasteiger partial charge in [-0.25, -0.2) is 0 Å². The standard InChI is InChI=1S/C19H22N2O2/c1-14-5-3-7-16(11-14)20-13-19(22)21-10-4-6-15-12-17(23-2)8-9-18(15)21/h3,5,7-9,11-12,20H,4,6,10,13H2,1-2H3. The van der Waals surface area contributed by atoms with Gasteiger partial charge in [0.15, 0.2) is 0 Å². The van der Waals surface area contributed by atoms with E-state index >= 15 is 0 Å². The second-order valence-electron chi connectivity index (χ2n) is 5.87. The first-order valence-corrected chi connectivity index (χ1v) is 7.95. The minimum absolute atomic E-state index is 0.0950. The van der Waals surface area contributed by atoms with Crippen LogP contribution in [0.15, 0.2) is 42.5 Å². The minimum atomic E-state index is 0.0950. The molecule has 1 amide bonds. The highest BCUT2D eigenvalue weighted by Gasteiger charge is 2.22. The van der Waals surface area contributed by atoms with Gasteiger partial charge in [0.25, 0.3) is 0 Å². The number of fused-ring (bicyclic) bond motifs is 1. The predicted molar refractivity (Wildman–Crippen MR) is 93.3 cm³/mol. The van der Waals surface area contributed by atoms with Crippen LogP contribution in [0.5, 0.6) is 5.75 Å². The molecule has 0 aliphatic carbocycles. The zero-order chi connectivity index (χ0) is 16.2. The Kier molecular flexibility index (Phi) is 4.51. The molecule has 1 aliphatic rings. The summed E-state index contributed by atoms with van der Waals surface area (Å²) in [4.78, 5) is 14.5. The summed E-state index contributed by atoms with van der Waals surface area (Å²) < 4.78 is 5.28. The molecule has 120 valence electrons. The van der Waals surface area contributed by atoms with Crippen LogP contribution in [0.25, 0.3) is 0 Å². The normalized spacial score (nSPS) is 13.4. The van der Waals surface area contributed by atoms with Crippen molar-refractivity contribution in [3.63, 3.8) is 0 Å². The summed E-state index contributed by atoms with van der Waals surface area (Å²) in [6.45, 7) is 3.11. The lowest BCUT2D eigenvalue weighted by molar-refractivity contribution is -0.117. The molecule has 4 nitrogen and oxygen atoms in total. The van der Waals surface area contributed by atoms with Gasteiger partial charge in [-0.1, -0.05) is 12.1 Å².